The molecule has 3 aromatic rings. The first-order chi connectivity index (χ1) is 15.6. The number of benzene rings is 3. The maximum atomic E-state index is 9.32. The molecule has 0 radical (unpaired) electrons. The van der Waals surface area contributed by atoms with E-state index in [4.69, 9.17) is 20.3 Å². The number of fused-ring (bicyclic) bond motifs is 3. The number of aryl methyl sites for hydroxylation is 1. The van der Waals surface area contributed by atoms with Crippen molar-refractivity contribution in [3.63, 3.8) is 0 Å². The summed E-state index contributed by atoms with van der Waals surface area (Å²) in [6.07, 6.45) is 3.52. The lowest BCUT2D eigenvalue weighted by Gasteiger charge is -2.30. The molecule has 5 rings (SSSR count). The van der Waals surface area contributed by atoms with Gasteiger partial charge in [0.25, 0.3) is 0 Å². The van der Waals surface area contributed by atoms with Gasteiger partial charge in [-0.15, -0.1) is 0 Å². The number of ether oxygens (including phenoxy) is 1. The molecule has 2 aliphatic heterocycles. The largest absolute Gasteiger partial charge is 0.457 e. The molecule has 0 bridgehead atoms. The molecule has 2 N–H and O–H groups in total. The number of nitriles is 1. The molecule has 32 heavy (non-hydrogen) atoms. The van der Waals surface area contributed by atoms with Crippen LogP contribution in [0.3, 0.4) is 0 Å². The van der Waals surface area contributed by atoms with Gasteiger partial charge in [-0.05, 0) is 66.3 Å². The highest BCUT2D eigenvalue weighted by Crippen LogP contribution is 2.46. The molecule has 2 heterocycles. The minimum absolute atomic E-state index is 0.338. The molecule has 160 valence electrons. The van der Waals surface area contributed by atoms with Gasteiger partial charge in [0.1, 0.15) is 11.5 Å². The van der Waals surface area contributed by atoms with Crippen LogP contribution in [-0.2, 0) is 17.0 Å². The van der Waals surface area contributed by atoms with Crippen molar-refractivity contribution in [3.05, 3.63) is 83.4 Å². The molecule has 0 aromatic heterocycles. The number of hydrogen-bond acceptors (Lipinski definition) is 6. The molecular weight excluding hydrogens is 400 g/mol. The summed E-state index contributed by atoms with van der Waals surface area (Å²) in [7, 11) is 1.77. The summed E-state index contributed by atoms with van der Waals surface area (Å²) < 4.78 is 6.45. The Morgan fingerprint density at radius 2 is 1.84 bits per heavy atom. The molecular formula is C26H24N4O2. The van der Waals surface area contributed by atoms with Crippen molar-refractivity contribution < 1.29 is 9.57 Å². The zero-order valence-electron chi connectivity index (χ0n) is 17.9. The second-order valence-electron chi connectivity index (χ2n) is 8.16. The topological polar surface area (TPSA) is 83.9 Å². The Morgan fingerprint density at radius 1 is 1.00 bits per heavy atom. The predicted octanol–water partition coefficient (Wildman–Crippen LogP) is 5.09. The van der Waals surface area contributed by atoms with Gasteiger partial charge in [0.05, 0.1) is 17.2 Å². The fourth-order valence-corrected chi connectivity index (χ4v) is 4.38. The highest BCUT2D eigenvalue weighted by atomic mass is 16.7. The van der Waals surface area contributed by atoms with Crippen molar-refractivity contribution in [2.75, 3.05) is 7.05 Å². The van der Waals surface area contributed by atoms with Crippen LogP contribution in [0.5, 0.6) is 11.5 Å². The van der Waals surface area contributed by atoms with Crippen molar-refractivity contribution in [3.8, 4) is 28.7 Å². The van der Waals surface area contributed by atoms with Crippen molar-refractivity contribution in [1.82, 2.24) is 5.06 Å². The first-order valence-electron chi connectivity index (χ1n) is 10.8. The van der Waals surface area contributed by atoms with Gasteiger partial charge in [-0.25, -0.2) is 14.9 Å². The number of nitrogens with zero attached hydrogens (tertiary/aromatic N) is 3. The normalized spacial score (nSPS) is 20.0. The van der Waals surface area contributed by atoms with Crippen LogP contribution in [0.15, 0.2) is 71.7 Å². The van der Waals surface area contributed by atoms with Crippen molar-refractivity contribution in [2.24, 2.45) is 10.7 Å². The first-order valence-corrected chi connectivity index (χ1v) is 10.8. The highest BCUT2D eigenvalue weighted by Gasteiger charge is 2.43. The van der Waals surface area contributed by atoms with Gasteiger partial charge < -0.3 is 10.5 Å². The Balaban J connectivity index is 1.69. The number of para-hydroxylation sites is 1. The van der Waals surface area contributed by atoms with E-state index in [-0.39, 0.29) is 0 Å². The summed E-state index contributed by atoms with van der Waals surface area (Å²) >= 11 is 0. The van der Waals surface area contributed by atoms with Gasteiger partial charge in [0, 0.05) is 13.5 Å². The SMILES string of the molecule is CN1OC2(CCCCc3ccccc3Oc3ccc(-c4cccc(C#N)c4)cc32)N=C1N. The van der Waals surface area contributed by atoms with E-state index in [0.717, 1.165) is 41.7 Å². The van der Waals surface area contributed by atoms with Crippen LogP contribution in [-0.4, -0.2) is 18.1 Å². The van der Waals surface area contributed by atoms with Gasteiger partial charge in [0.2, 0.25) is 11.7 Å². The number of nitrogens with two attached hydrogens (primary N) is 1. The molecule has 6 heteroatoms. The van der Waals surface area contributed by atoms with Gasteiger partial charge >= 0.3 is 0 Å². The summed E-state index contributed by atoms with van der Waals surface area (Å²) in [5, 5.41) is 10.8. The van der Waals surface area contributed by atoms with Crippen molar-refractivity contribution >= 4 is 5.96 Å². The lowest BCUT2D eigenvalue weighted by Crippen LogP contribution is -2.32. The molecule has 0 saturated carbocycles. The molecule has 1 unspecified atom stereocenters. The van der Waals surface area contributed by atoms with Gasteiger partial charge in [-0.1, -0.05) is 36.4 Å². The van der Waals surface area contributed by atoms with Crippen LogP contribution in [0.25, 0.3) is 11.1 Å². The molecule has 1 atom stereocenters. The monoisotopic (exact) mass is 424 g/mol. The quantitative estimate of drug-likeness (QED) is 0.588. The fraction of sp³-hybridized carbons (Fsp3) is 0.231. The Kier molecular flexibility index (Phi) is 5.04. The Hall–Kier alpha value is -3.82. The van der Waals surface area contributed by atoms with Crippen molar-refractivity contribution in [2.45, 2.75) is 31.4 Å². The maximum Gasteiger partial charge on any atom is 0.218 e. The van der Waals surface area contributed by atoms with Crippen LogP contribution in [0.1, 0.15) is 36.0 Å². The van der Waals surface area contributed by atoms with Gasteiger partial charge in [-0.2, -0.15) is 5.26 Å². The third-order valence-corrected chi connectivity index (χ3v) is 6.04. The van der Waals surface area contributed by atoms with E-state index in [1.165, 1.54) is 10.6 Å². The summed E-state index contributed by atoms with van der Waals surface area (Å²) in [5.74, 6) is 1.87. The molecule has 0 aliphatic carbocycles. The zero-order valence-corrected chi connectivity index (χ0v) is 17.9. The molecule has 1 spiro atoms. The number of hydrogen-bond donors (Lipinski definition) is 1. The van der Waals surface area contributed by atoms with E-state index in [2.05, 4.69) is 12.1 Å². The molecule has 3 aromatic carbocycles. The van der Waals surface area contributed by atoms with E-state index in [9.17, 15) is 5.26 Å². The van der Waals surface area contributed by atoms with E-state index in [1.54, 1.807) is 13.1 Å². The average molecular weight is 425 g/mol. The highest BCUT2D eigenvalue weighted by molar-refractivity contribution is 5.79. The third kappa shape index (κ3) is 3.57. The lowest BCUT2D eigenvalue weighted by atomic mass is 9.91. The number of rotatable bonds is 1. The van der Waals surface area contributed by atoms with Crippen LogP contribution >= 0.6 is 0 Å². The summed E-state index contributed by atoms with van der Waals surface area (Å²) in [6.45, 7) is 0. The lowest BCUT2D eigenvalue weighted by molar-refractivity contribution is -0.177. The predicted molar refractivity (Wildman–Crippen MR) is 123 cm³/mol. The number of hydroxylamine groups is 2. The Bertz CT molecular complexity index is 1250. The summed E-state index contributed by atoms with van der Waals surface area (Å²) in [6, 6.07) is 23.9. The molecule has 2 aliphatic rings. The smallest absolute Gasteiger partial charge is 0.218 e. The van der Waals surface area contributed by atoms with Gasteiger partial charge in [-0.3, -0.25) is 0 Å². The number of aliphatic imine (C=N–C) groups is 1. The molecule has 0 saturated heterocycles. The van der Waals surface area contributed by atoms with Crippen molar-refractivity contribution in [1.29, 1.82) is 5.26 Å². The van der Waals surface area contributed by atoms with Crippen LogP contribution in [0.4, 0.5) is 0 Å². The van der Waals surface area contributed by atoms with E-state index in [1.807, 2.05) is 54.6 Å². The van der Waals surface area contributed by atoms with E-state index < -0.39 is 5.72 Å². The minimum atomic E-state index is -0.955. The molecule has 0 amide bonds. The first kappa shape index (κ1) is 20.1. The Labute approximate surface area is 187 Å². The third-order valence-electron chi connectivity index (χ3n) is 6.04. The van der Waals surface area contributed by atoms with E-state index >= 15 is 0 Å². The van der Waals surface area contributed by atoms with Gasteiger partial charge in [0.15, 0.2) is 0 Å². The minimum Gasteiger partial charge on any atom is -0.457 e. The summed E-state index contributed by atoms with van der Waals surface area (Å²) in [5.41, 5.74) is 9.71. The molecule has 0 fully saturated rings. The maximum absolute atomic E-state index is 9.32. The average Bonchev–Trinajstić information content (AvgIpc) is 3.11. The zero-order chi connectivity index (χ0) is 22.1. The van der Waals surface area contributed by atoms with E-state index in [0.29, 0.717) is 23.7 Å². The Morgan fingerprint density at radius 3 is 2.66 bits per heavy atom. The van der Waals surface area contributed by atoms with Crippen LogP contribution in [0, 0.1) is 11.3 Å². The van der Waals surface area contributed by atoms with Crippen LogP contribution in [0.2, 0.25) is 0 Å². The summed E-state index contributed by atoms with van der Waals surface area (Å²) in [4.78, 5) is 11.0. The second kappa shape index (κ2) is 8.03. The number of guanidine groups is 1. The standard InChI is InChI=1S/C26H24N4O2/c1-30-25(28)29-26(32-30)14-5-4-9-19-8-2-3-11-23(19)31-24-13-12-21(16-22(24)26)20-10-6-7-18(15-20)17-27/h2-3,6-8,10-13,15-16H,4-5,9,14H2,1H3,(H2,28,29). The van der Waals surface area contributed by atoms with Crippen LogP contribution < -0.4 is 10.5 Å². The second-order valence-corrected chi connectivity index (χ2v) is 8.16. The molecule has 6 nitrogen and oxygen atoms in total. The fourth-order valence-electron chi connectivity index (χ4n) is 4.38.